The molecule has 0 aliphatic heterocycles. The van der Waals surface area contributed by atoms with Crippen molar-refractivity contribution in [1.29, 1.82) is 0 Å². The molecule has 0 amide bonds. The van der Waals surface area contributed by atoms with E-state index in [0.29, 0.717) is 26.3 Å². The number of anilines is 1. The number of hydrogen-bond acceptors (Lipinski definition) is 3. The third kappa shape index (κ3) is 3.33. The number of nitro benzene ring substituents is 1. The van der Waals surface area contributed by atoms with Crippen molar-refractivity contribution < 1.29 is 4.92 Å². The minimum atomic E-state index is -0.461. The van der Waals surface area contributed by atoms with Crippen molar-refractivity contribution >= 4 is 46.2 Å². The number of hydrogen-bond donors (Lipinski definition) is 1. The van der Waals surface area contributed by atoms with Crippen LogP contribution in [-0.4, -0.2) is 4.92 Å². The summed E-state index contributed by atoms with van der Waals surface area (Å²) in [5, 5.41) is 15.2. The van der Waals surface area contributed by atoms with Gasteiger partial charge in [0, 0.05) is 18.3 Å². The van der Waals surface area contributed by atoms with E-state index in [0.717, 1.165) is 0 Å². The van der Waals surface area contributed by atoms with E-state index >= 15 is 0 Å². The predicted molar refractivity (Wildman–Crippen MR) is 81.9 cm³/mol. The number of nitrogens with zero attached hydrogens (tertiary/aromatic N) is 1. The van der Waals surface area contributed by atoms with Crippen molar-refractivity contribution in [2.75, 3.05) is 5.32 Å². The van der Waals surface area contributed by atoms with Gasteiger partial charge in [-0.2, -0.15) is 0 Å². The van der Waals surface area contributed by atoms with Crippen LogP contribution in [0.1, 0.15) is 5.56 Å². The Morgan fingerprint density at radius 1 is 1.05 bits per heavy atom. The third-order valence-electron chi connectivity index (χ3n) is 2.68. The molecule has 0 bridgehead atoms. The van der Waals surface area contributed by atoms with Gasteiger partial charge in [-0.3, -0.25) is 10.1 Å². The fourth-order valence-corrected chi connectivity index (χ4v) is 2.22. The second-order valence-corrected chi connectivity index (χ2v) is 5.20. The molecule has 0 aliphatic carbocycles. The zero-order valence-corrected chi connectivity index (χ0v) is 12.3. The molecule has 1 N–H and O–H groups in total. The van der Waals surface area contributed by atoms with Gasteiger partial charge in [0.2, 0.25) is 0 Å². The molecule has 0 spiro atoms. The minimum absolute atomic E-state index is 0.0231. The Morgan fingerprint density at radius 3 is 2.45 bits per heavy atom. The Morgan fingerprint density at radius 2 is 1.80 bits per heavy atom. The van der Waals surface area contributed by atoms with Gasteiger partial charge in [-0.25, -0.2) is 0 Å². The fourth-order valence-electron chi connectivity index (χ4n) is 1.69. The van der Waals surface area contributed by atoms with Crippen molar-refractivity contribution in [3.05, 3.63) is 67.1 Å². The van der Waals surface area contributed by atoms with Crippen LogP contribution in [0.25, 0.3) is 0 Å². The van der Waals surface area contributed by atoms with E-state index in [1.165, 1.54) is 6.07 Å². The highest BCUT2D eigenvalue weighted by atomic mass is 35.5. The number of rotatable bonds is 4. The summed E-state index contributed by atoms with van der Waals surface area (Å²) in [6.07, 6.45) is 0. The lowest BCUT2D eigenvalue weighted by atomic mass is 10.1. The van der Waals surface area contributed by atoms with Crippen LogP contribution in [0, 0.1) is 10.1 Å². The van der Waals surface area contributed by atoms with E-state index in [4.69, 9.17) is 34.8 Å². The van der Waals surface area contributed by atoms with Gasteiger partial charge in [0.1, 0.15) is 0 Å². The molecule has 0 heterocycles. The predicted octanol–water partition coefficient (Wildman–Crippen LogP) is 5.17. The highest BCUT2D eigenvalue weighted by molar-refractivity contribution is 6.42. The normalized spacial score (nSPS) is 10.3. The lowest BCUT2D eigenvalue weighted by Crippen LogP contribution is -2.04. The van der Waals surface area contributed by atoms with E-state index < -0.39 is 4.92 Å². The average molecular weight is 332 g/mol. The summed E-state index contributed by atoms with van der Waals surface area (Å²) in [7, 11) is 0. The highest BCUT2D eigenvalue weighted by Crippen LogP contribution is 2.29. The Hall–Kier alpha value is -1.49. The summed E-state index contributed by atoms with van der Waals surface area (Å²) in [5.41, 5.74) is 1.10. The fraction of sp³-hybridized carbons (Fsp3) is 0.0769. The number of halogens is 3. The van der Waals surface area contributed by atoms with Gasteiger partial charge in [-0.15, -0.1) is 0 Å². The van der Waals surface area contributed by atoms with Gasteiger partial charge in [-0.1, -0.05) is 40.9 Å². The van der Waals surface area contributed by atoms with E-state index in [2.05, 4.69) is 5.32 Å². The molecule has 0 fully saturated rings. The molecule has 0 aliphatic rings. The van der Waals surface area contributed by atoms with Crippen LogP contribution >= 0.6 is 34.8 Å². The van der Waals surface area contributed by atoms with Crippen LogP contribution < -0.4 is 5.32 Å². The second-order valence-electron chi connectivity index (χ2n) is 3.98. The first-order chi connectivity index (χ1) is 9.49. The molecule has 7 heteroatoms. The molecule has 2 rings (SSSR count). The summed E-state index contributed by atoms with van der Waals surface area (Å²) in [5.74, 6) is 0. The van der Waals surface area contributed by atoms with E-state index in [-0.39, 0.29) is 12.2 Å². The largest absolute Gasteiger partial charge is 0.381 e. The van der Waals surface area contributed by atoms with Gasteiger partial charge in [0.15, 0.2) is 0 Å². The quantitative estimate of drug-likeness (QED) is 0.621. The van der Waals surface area contributed by atoms with Crippen LogP contribution in [0.15, 0.2) is 36.4 Å². The molecule has 0 aromatic heterocycles. The molecule has 20 heavy (non-hydrogen) atoms. The van der Waals surface area contributed by atoms with Crippen LogP contribution in [0.2, 0.25) is 15.1 Å². The van der Waals surface area contributed by atoms with Gasteiger partial charge in [0.25, 0.3) is 5.69 Å². The topological polar surface area (TPSA) is 55.2 Å². The highest BCUT2D eigenvalue weighted by Gasteiger charge is 2.16. The average Bonchev–Trinajstić information content (AvgIpc) is 2.40. The molecule has 0 atom stereocenters. The second kappa shape index (κ2) is 6.31. The van der Waals surface area contributed by atoms with Crippen molar-refractivity contribution in [3.63, 3.8) is 0 Å². The van der Waals surface area contributed by atoms with E-state index in [1.54, 1.807) is 30.3 Å². The maximum atomic E-state index is 11.0. The van der Waals surface area contributed by atoms with Gasteiger partial charge in [0.05, 0.1) is 25.6 Å². The lowest BCUT2D eigenvalue weighted by Gasteiger charge is -2.09. The molecule has 0 radical (unpaired) electrons. The zero-order valence-electron chi connectivity index (χ0n) is 10.1. The molecular weight excluding hydrogens is 323 g/mol. The number of nitrogens with one attached hydrogen (secondary N) is 1. The summed E-state index contributed by atoms with van der Waals surface area (Å²) < 4.78 is 0. The van der Waals surface area contributed by atoms with Crippen molar-refractivity contribution in [3.8, 4) is 0 Å². The maximum absolute atomic E-state index is 11.0. The minimum Gasteiger partial charge on any atom is -0.381 e. The number of benzene rings is 2. The third-order valence-corrected chi connectivity index (χ3v) is 3.77. The molecule has 0 unspecified atom stereocenters. The monoisotopic (exact) mass is 330 g/mol. The Kier molecular flexibility index (Phi) is 4.70. The van der Waals surface area contributed by atoms with Crippen molar-refractivity contribution in [2.24, 2.45) is 0 Å². The van der Waals surface area contributed by atoms with Crippen LogP contribution in [0.5, 0.6) is 0 Å². The number of nitro groups is 1. The summed E-state index contributed by atoms with van der Waals surface area (Å²) >= 11 is 17.7. The van der Waals surface area contributed by atoms with Gasteiger partial charge >= 0.3 is 0 Å². The first-order valence-electron chi connectivity index (χ1n) is 5.59. The molecular formula is C13H9Cl3N2O2. The SMILES string of the molecule is O=[N+]([O-])c1cccc(Cl)c1CNc1ccc(Cl)c(Cl)c1. The van der Waals surface area contributed by atoms with Crippen LogP contribution in [0.3, 0.4) is 0 Å². The van der Waals surface area contributed by atoms with Gasteiger partial charge < -0.3 is 5.32 Å². The van der Waals surface area contributed by atoms with Gasteiger partial charge in [-0.05, 0) is 24.3 Å². The molecule has 2 aromatic carbocycles. The standard InChI is InChI=1S/C13H9Cl3N2O2/c14-10-2-1-3-13(18(19)20)9(10)7-17-8-4-5-11(15)12(16)6-8/h1-6,17H,7H2. The Bertz CT molecular complexity index is 662. The zero-order chi connectivity index (χ0) is 14.7. The first-order valence-corrected chi connectivity index (χ1v) is 6.73. The first kappa shape index (κ1) is 14.9. The molecule has 0 saturated carbocycles. The van der Waals surface area contributed by atoms with Crippen molar-refractivity contribution in [2.45, 2.75) is 6.54 Å². The summed E-state index contributed by atoms with van der Waals surface area (Å²) in [4.78, 5) is 10.5. The lowest BCUT2D eigenvalue weighted by molar-refractivity contribution is -0.385. The molecule has 2 aromatic rings. The molecule has 104 valence electrons. The van der Waals surface area contributed by atoms with Crippen LogP contribution in [-0.2, 0) is 6.54 Å². The Labute approximate surface area is 130 Å². The summed E-state index contributed by atoms with van der Waals surface area (Å²) in [6.45, 7) is 0.216. The summed E-state index contributed by atoms with van der Waals surface area (Å²) in [6, 6.07) is 9.60. The molecule has 4 nitrogen and oxygen atoms in total. The Balaban J connectivity index is 2.22. The van der Waals surface area contributed by atoms with Crippen molar-refractivity contribution in [1.82, 2.24) is 0 Å². The van der Waals surface area contributed by atoms with E-state index in [9.17, 15) is 10.1 Å². The molecule has 0 saturated heterocycles. The van der Waals surface area contributed by atoms with E-state index in [1.807, 2.05) is 0 Å². The smallest absolute Gasteiger partial charge is 0.275 e. The van der Waals surface area contributed by atoms with Crippen LogP contribution in [0.4, 0.5) is 11.4 Å². The maximum Gasteiger partial charge on any atom is 0.275 e.